The van der Waals surface area contributed by atoms with E-state index in [1.165, 1.54) is 31.5 Å². The number of alkyl halides is 3. The minimum absolute atomic E-state index is 0.212. The molecule has 106 valence electrons. The van der Waals surface area contributed by atoms with Crippen molar-refractivity contribution in [3.05, 3.63) is 66.0 Å². The van der Waals surface area contributed by atoms with Crippen LogP contribution in [0.25, 0.3) is 0 Å². The predicted molar refractivity (Wildman–Crippen MR) is 69.0 cm³/mol. The van der Waals surface area contributed by atoms with Crippen LogP contribution in [0.1, 0.15) is 24.0 Å². The first-order valence-corrected chi connectivity index (χ1v) is 6.12. The third-order valence-corrected chi connectivity index (χ3v) is 3.48. The Bertz CT molecular complexity index is 556. The highest BCUT2D eigenvalue weighted by Gasteiger charge is 2.58. The van der Waals surface area contributed by atoms with Gasteiger partial charge in [0, 0.05) is 18.3 Å². The summed E-state index contributed by atoms with van der Waals surface area (Å²) in [5.41, 5.74) is -2.74. The van der Waals surface area contributed by atoms with E-state index in [0.29, 0.717) is 5.56 Å². The molecule has 0 bridgehead atoms. The van der Waals surface area contributed by atoms with E-state index in [4.69, 9.17) is 0 Å². The molecule has 1 aromatic heterocycles. The van der Waals surface area contributed by atoms with Crippen LogP contribution in [0.4, 0.5) is 13.2 Å². The van der Waals surface area contributed by atoms with Crippen LogP contribution in [0.5, 0.6) is 0 Å². The molecule has 0 radical (unpaired) electrons. The summed E-state index contributed by atoms with van der Waals surface area (Å²) in [7, 11) is 0. The average Bonchev–Trinajstić information content (AvgIpc) is 2.46. The predicted octanol–water partition coefficient (Wildman–Crippen LogP) is 3.64. The van der Waals surface area contributed by atoms with Gasteiger partial charge in [0.1, 0.15) is 0 Å². The van der Waals surface area contributed by atoms with Crippen LogP contribution < -0.4 is 0 Å². The van der Waals surface area contributed by atoms with Gasteiger partial charge in [0.2, 0.25) is 0 Å². The molecule has 5 heteroatoms. The molecule has 2 aromatic rings. The van der Waals surface area contributed by atoms with Crippen LogP contribution >= 0.6 is 0 Å². The Balaban J connectivity index is 2.54. The molecule has 0 aliphatic carbocycles. The summed E-state index contributed by atoms with van der Waals surface area (Å²) < 4.78 is 40.4. The molecule has 0 fully saturated rings. The highest BCUT2D eigenvalue weighted by Crippen LogP contribution is 2.48. The number of hydrogen-bond acceptors (Lipinski definition) is 2. The summed E-state index contributed by atoms with van der Waals surface area (Å²) in [5, 5.41) is 10.4. The van der Waals surface area contributed by atoms with Crippen LogP contribution in [0.15, 0.2) is 54.9 Å². The Morgan fingerprint density at radius 3 is 2.05 bits per heavy atom. The fraction of sp³-hybridized carbons (Fsp3) is 0.267. The van der Waals surface area contributed by atoms with E-state index in [2.05, 4.69) is 4.98 Å². The van der Waals surface area contributed by atoms with E-state index >= 15 is 0 Å². The number of pyridine rings is 1. The maximum absolute atomic E-state index is 13.5. The highest BCUT2D eigenvalue weighted by atomic mass is 19.4. The first-order valence-electron chi connectivity index (χ1n) is 6.12. The fourth-order valence-electron chi connectivity index (χ4n) is 2.25. The van der Waals surface area contributed by atoms with Gasteiger partial charge in [-0.15, -0.1) is 0 Å². The molecular formula is C15H14F3NO. The molecule has 1 N–H and O–H groups in total. The van der Waals surface area contributed by atoms with Crippen molar-refractivity contribution in [2.45, 2.75) is 24.6 Å². The molecule has 0 spiro atoms. The van der Waals surface area contributed by atoms with Gasteiger partial charge in [0.25, 0.3) is 0 Å². The maximum Gasteiger partial charge on any atom is 0.422 e. The van der Waals surface area contributed by atoms with Crippen LogP contribution in [0.2, 0.25) is 0 Å². The Hall–Kier alpha value is -1.88. The zero-order valence-corrected chi connectivity index (χ0v) is 10.8. The fourth-order valence-corrected chi connectivity index (χ4v) is 2.25. The van der Waals surface area contributed by atoms with Gasteiger partial charge in [-0.2, -0.15) is 13.2 Å². The smallest absolute Gasteiger partial charge is 0.376 e. The Morgan fingerprint density at radius 1 is 1.00 bits per heavy atom. The number of benzene rings is 1. The quantitative estimate of drug-likeness (QED) is 0.931. The average molecular weight is 281 g/mol. The lowest BCUT2D eigenvalue weighted by Crippen LogP contribution is -2.46. The summed E-state index contributed by atoms with van der Waals surface area (Å²) in [6.07, 6.45) is -2.31. The first-order chi connectivity index (χ1) is 9.37. The topological polar surface area (TPSA) is 33.1 Å². The lowest BCUT2D eigenvalue weighted by molar-refractivity contribution is -0.274. The minimum atomic E-state index is -4.79. The molecule has 0 saturated carbocycles. The van der Waals surface area contributed by atoms with Gasteiger partial charge in [-0.3, -0.25) is 4.98 Å². The second-order valence-electron chi connectivity index (χ2n) is 4.63. The first kappa shape index (κ1) is 14.5. The van der Waals surface area contributed by atoms with E-state index in [1.807, 2.05) is 0 Å². The van der Waals surface area contributed by atoms with Crippen LogP contribution in [-0.4, -0.2) is 16.3 Å². The van der Waals surface area contributed by atoms with Gasteiger partial charge in [0.15, 0.2) is 5.60 Å². The number of hydrogen-bond donors (Lipinski definition) is 1. The van der Waals surface area contributed by atoms with Gasteiger partial charge in [-0.1, -0.05) is 37.3 Å². The van der Waals surface area contributed by atoms with Gasteiger partial charge >= 0.3 is 6.18 Å². The lowest BCUT2D eigenvalue weighted by atomic mass is 9.78. The van der Waals surface area contributed by atoms with E-state index in [9.17, 15) is 18.3 Å². The van der Waals surface area contributed by atoms with E-state index in [1.54, 1.807) is 30.3 Å². The summed E-state index contributed by atoms with van der Waals surface area (Å²) >= 11 is 0. The number of halogens is 3. The van der Waals surface area contributed by atoms with Crippen molar-refractivity contribution in [1.82, 2.24) is 4.98 Å². The monoisotopic (exact) mass is 281 g/mol. The van der Waals surface area contributed by atoms with Crippen LogP contribution in [-0.2, 0) is 5.60 Å². The van der Waals surface area contributed by atoms with Gasteiger partial charge < -0.3 is 5.11 Å². The molecule has 2 unspecified atom stereocenters. The molecule has 20 heavy (non-hydrogen) atoms. The van der Waals surface area contributed by atoms with Crippen molar-refractivity contribution in [1.29, 1.82) is 0 Å². The van der Waals surface area contributed by atoms with Gasteiger partial charge in [-0.25, -0.2) is 0 Å². The van der Waals surface area contributed by atoms with Crippen molar-refractivity contribution in [2.75, 3.05) is 0 Å². The molecule has 1 heterocycles. The Labute approximate surface area is 114 Å². The van der Waals surface area contributed by atoms with Crippen molar-refractivity contribution in [3.63, 3.8) is 0 Å². The molecule has 2 rings (SSSR count). The zero-order valence-electron chi connectivity index (χ0n) is 10.8. The standard InChI is InChI=1S/C15H14F3NO/c1-11(12-5-3-2-4-6-12)14(20,15(16,17)18)13-7-9-19-10-8-13/h2-11,20H,1H3. The second-order valence-corrected chi connectivity index (χ2v) is 4.63. The maximum atomic E-state index is 13.5. The van der Waals surface area contributed by atoms with Crippen LogP contribution in [0, 0.1) is 0 Å². The van der Waals surface area contributed by atoms with E-state index < -0.39 is 17.7 Å². The third kappa shape index (κ3) is 2.41. The number of nitrogens with zero attached hydrogens (tertiary/aromatic N) is 1. The largest absolute Gasteiger partial charge is 0.422 e. The lowest BCUT2D eigenvalue weighted by Gasteiger charge is -2.36. The molecular weight excluding hydrogens is 267 g/mol. The molecule has 0 aliphatic rings. The molecule has 0 amide bonds. The third-order valence-electron chi connectivity index (χ3n) is 3.48. The molecule has 0 saturated heterocycles. The van der Waals surface area contributed by atoms with Gasteiger partial charge in [-0.05, 0) is 23.3 Å². The van der Waals surface area contributed by atoms with E-state index in [-0.39, 0.29) is 5.56 Å². The SMILES string of the molecule is CC(c1ccccc1)C(O)(c1ccncc1)C(F)(F)F. The normalized spacial score (nSPS) is 16.4. The van der Waals surface area contributed by atoms with E-state index in [0.717, 1.165) is 0 Å². The molecule has 1 aromatic carbocycles. The summed E-state index contributed by atoms with van der Waals surface area (Å²) in [4.78, 5) is 3.69. The number of rotatable bonds is 3. The van der Waals surface area contributed by atoms with Crippen molar-refractivity contribution < 1.29 is 18.3 Å². The highest BCUT2D eigenvalue weighted by molar-refractivity contribution is 5.31. The summed E-state index contributed by atoms with van der Waals surface area (Å²) in [6.45, 7) is 1.36. The van der Waals surface area contributed by atoms with Gasteiger partial charge in [0.05, 0.1) is 0 Å². The van der Waals surface area contributed by atoms with Crippen LogP contribution in [0.3, 0.4) is 0 Å². The zero-order chi connectivity index (χ0) is 14.8. The molecule has 0 aliphatic heterocycles. The number of aliphatic hydroxyl groups is 1. The minimum Gasteiger partial charge on any atom is -0.376 e. The molecule has 2 nitrogen and oxygen atoms in total. The van der Waals surface area contributed by atoms with Crippen molar-refractivity contribution >= 4 is 0 Å². The molecule has 2 atom stereocenters. The summed E-state index contributed by atoms with van der Waals surface area (Å²) in [5.74, 6) is -1.13. The Morgan fingerprint density at radius 2 is 1.55 bits per heavy atom. The Kier molecular flexibility index (Phi) is 3.81. The number of aromatic nitrogens is 1. The second kappa shape index (κ2) is 5.25. The summed E-state index contributed by atoms with van der Waals surface area (Å²) in [6, 6.07) is 10.5. The van der Waals surface area contributed by atoms with Crippen molar-refractivity contribution in [2.24, 2.45) is 0 Å². The van der Waals surface area contributed by atoms with Crippen molar-refractivity contribution in [3.8, 4) is 0 Å².